The van der Waals surface area contributed by atoms with E-state index in [2.05, 4.69) is 33.3 Å². The molecule has 3 rings (SSSR count). The van der Waals surface area contributed by atoms with Gasteiger partial charge in [0.1, 0.15) is 5.82 Å². The van der Waals surface area contributed by atoms with Crippen molar-refractivity contribution in [1.82, 2.24) is 14.5 Å². The van der Waals surface area contributed by atoms with Crippen LogP contribution in [0.15, 0.2) is 12.4 Å². The summed E-state index contributed by atoms with van der Waals surface area (Å²) in [5.41, 5.74) is 0.468. The molecule has 0 aromatic carbocycles. The largest absolute Gasteiger partial charge is 0.333 e. The van der Waals surface area contributed by atoms with Crippen LogP contribution in [0.5, 0.6) is 0 Å². The first kappa shape index (κ1) is 12.5. The van der Waals surface area contributed by atoms with Gasteiger partial charge in [0, 0.05) is 32.0 Å². The van der Waals surface area contributed by atoms with Gasteiger partial charge in [-0.1, -0.05) is 19.3 Å². The van der Waals surface area contributed by atoms with Crippen LogP contribution in [-0.2, 0) is 13.1 Å². The molecule has 1 saturated carbocycles. The van der Waals surface area contributed by atoms with E-state index in [1.165, 1.54) is 51.0 Å². The van der Waals surface area contributed by atoms with Crippen LogP contribution in [0, 0.1) is 5.41 Å². The van der Waals surface area contributed by atoms with Gasteiger partial charge < -0.3 is 4.57 Å². The molecule has 1 aliphatic heterocycles. The molecule has 100 valence electrons. The summed E-state index contributed by atoms with van der Waals surface area (Å²) in [6.07, 6.45) is 10.9. The number of hydrogen-bond donors (Lipinski definition) is 1. The highest BCUT2D eigenvalue weighted by Crippen LogP contribution is 2.38. The van der Waals surface area contributed by atoms with E-state index in [0.29, 0.717) is 5.41 Å². The second-order valence-electron chi connectivity index (χ2n) is 5.97. The van der Waals surface area contributed by atoms with E-state index in [1.54, 1.807) is 0 Å². The number of imidazole rings is 1. The lowest BCUT2D eigenvalue weighted by Gasteiger charge is -2.41. The van der Waals surface area contributed by atoms with Crippen molar-refractivity contribution in [1.29, 1.82) is 0 Å². The lowest BCUT2D eigenvalue weighted by Crippen LogP contribution is -2.43. The number of aromatic nitrogens is 2. The number of rotatable bonds is 3. The number of nitrogens with zero attached hydrogens (tertiary/aromatic N) is 3. The van der Waals surface area contributed by atoms with Crippen LogP contribution < -0.4 is 0 Å². The summed E-state index contributed by atoms with van der Waals surface area (Å²) in [6.45, 7) is 4.49. The van der Waals surface area contributed by atoms with E-state index >= 15 is 0 Å². The maximum Gasteiger partial charge on any atom is 0.122 e. The van der Waals surface area contributed by atoms with Crippen LogP contribution in [0.1, 0.15) is 37.9 Å². The molecule has 3 nitrogen and oxygen atoms in total. The minimum Gasteiger partial charge on any atom is -0.333 e. The molecule has 0 saturated heterocycles. The Morgan fingerprint density at radius 1 is 1.22 bits per heavy atom. The molecule has 0 amide bonds. The SMILES string of the molecule is SCC1(CN2CCn3ccnc3C2)CCCCC1. The smallest absolute Gasteiger partial charge is 0.122 e. The van der Waals surface area contributed by atoms with Crippen molar-refractivity contribution >= 4 is 12.6 Å². The Morgan fingerprint density at radius 3 is 2.83 bits per heavy atom. The second kappa shape index (κ2) is 5.25. The van der Waals surface area contributed by atoms with E-state index in [-0.39, 0.29) is 0 Å². The Balaban J connectivity index is 1.66. The number of fused-ring (bicyclic) bond motifs is 1. The van der Waals surface area contributed by atoms with Crippen molar-refractivity contribution in [3.05, 3.63) is 18.2 Å². The van der Waals surface area contributed by atoms with Gasteiger partial charge >= 0.3 is 0 Å². The zero-order chi connectivity index (χ0) is 12.4. The van der Waals surface area contributed by atoms with Gasteiger partial charge in [-0.3, -0.25) is 4.90 Å². The first-order valence-electron chi connectivity index (χ1n) is 7.15. The van der Waals surface area contributed by atoms with Gasteiger partial charge in [-0.25, -0.2) is 4.98 Å². The minimum atomic E-state index is 0.468. The molecule has 1 aromatic heterocycles. The lowest BCUT2D eigenvalue weighted by atomic mass is 9.75. The molecule has 1 aliphatic carbocycles. The third-order valence-electron chi connectivity index (χ3n) is 4.63. The predicted octanol–water partition coefficient (Wildman–Crippen LogP) is 2.58. The summed E-state index contributed by atoms with van der Waals surface area (Å²) in [7, 11) is 0. The summed E-state index contributed by atoms with van der Waals surface area (Å²) in [5, 5.41) is 0. The fourth-order valence-electron chi connectivity index (χ4n) is 3.50. The van der Waals surface area contributed by atoms with Crippen LogP contribution >= 0.6 is 12.6 Å². The Labute approximate surface area is 115 Å². The first-order valence-corrected chi connectivity index (χ1v) is 7.78. The molecule has 2 heterocycles. The summed E-state index contributed by atoms with van der Waals surface area (Å²) in [4.78, 5) is 7.04. The Bertz CT molecular complexity index is 395. The molecule has 0 atom stereocenters. The summed E-state index contributed by atoms with van der Waals surface area (Å²) >= 11 is 4.64. The molecule has 0 N–H and O–H groups in total. The van der Waals surface area contributed by atoms with Gasteiger partial charge in [-0.15, -0.1) is 0 Å². The van der Waals surface area contributed by atoms with Gasteiger partial charge in [-0.2, -0.15) is 12.6 Å². The molecule has 4 heteroatoms. The number of hydrogen-bond acceptors (Lipinski definition) is 3. The molecule has 1 aromatic rings. The Kier molecular flexibility index (Phi) is 3.66. The highest BCUT2D eigenvalue weighted by molar-refractivity contribution is 7.80. The summed E-state index contributed by atoms with van der Waals surface area (Å²) < 4.78 is 2.28. The van der Waals surface area contributed by atoms with Crippen LogP contribution in [0.4, 0.5) is 0 Å². The third-order valence-corrected chi connectivity index (χ3v) is 5.30. The minimum absolute atomic E-state index is 0.468. The van der Waals surface area contributed by atoms with Crippen LogP contribution in [0.2, 0.25) is 0 Å². The van der Waals surface area contributed by atoms with Gasteiger partial charge in [0.15, 0.2) is 0 Å². The molecular formula is C14H23N3S. The van der Waals surface area contributed by atoms with Crippen molar-refractivity contribution < 1.29 is 0 Å². The second-order valence-corrected chi connectivity index (χ2v) is 6.28. The van der Waals surface area contributed by atoms with Crippen molar-refractivity contribution in [2.45, 2.75) is 45.2 Å². The maximum atomic E-state index is 4.64. The van der Waals surface area contributed by atoms with E-state index in [0.717, 1.165) is 18.8 Å². The molecule has 0 spiro atoms. The van der Waals surface area contributed by atoms with Crippen LogP contribution in [0.25, 0.3) is 0 Å². The Hall–Kier alpha value is -0.480. The quantitative estimate of drug-likeness (QED) is 0.848. The molecule has 18 heavy (non-hydrogen) atoms. The zero-order valence-electron chi connectivity index (χ0n) is 11.0. The lowest BCUT2D eigenvalue weighted by molar-refractivity contribution is 0.104. The zero-order valence-corrected chi connectivity index (χ0v) is 11.9. The van der Waals surface area contributed by atoms with Crippen molar-refractivity contribution in [2.24, 2.45) is 5.41 Å². The van der Waals surface area contributed by atoms with E-state index in [1.807, 2.05) is 6.20 Å². The maximum absolute atomic E-state index is 4.64. The van der Waals surface area contributed by atoms with Crippen LogP contribution in [0.3, 0.4) is 0 Å². The fraction of sp³-hybridized carbons (Fsp3) is 0.786. The summed E-state index contributed by atoms with van der Waals surface area (Å²) in [6, 6.07) is 0. The Morgan fingerprint density at radius 2 is 2.06 bits per heavy atom. The highest BCUT2D eigenvalue weighted by Gasteiger charge is 2.33. The topological polar surface area (TPSA) is 21.1 Å². The molecule has 1 fully saturated rings. The van der Waals surface area contributed by atoms with Crippen LogP contribution in [-0.4, -0.2) is 33.3 Å². The molecule has 0 unspecified atom stereocenters. The van der Waals surface area contributed by atoms with Gasteiger partial charge in [0.05, 0.1) is 6.54 Å². The van der Waals surface area contributed by atoms with E-state index in [9.17, 15) is 0 Å². The molecular weight excluding hydrogens is 242 g/mol. The molecule has 0 radical (unpaired) electrons. The van der Waals surface area contributed by atoms with Gasteiger partial charge in [0.25, 0.3) is 0 Å². The van der Waals surface area contributed by atoms with E-state index < -0.39 is 0 Å². The summed E-state index contributed by atoms with van der Waals surface area (Å²) in [5.74, 6) is 2.27. The average Bonchev–Trinajstić information content (AvgIpc) is 2.87. The van der Waals surface area contributed by atoms with Crippen molar-refractivity contribution in [3.8, 4) is 0 Å². The van der Waals surface area contributed by atoms with Crippen molar-refractivity contribution in [3.63, 3.8) is 0 Å². The predicted molar refractivity (Wildman–Crippen MR) is 76.9 cm³/mol. The van der Waals surface area contributed by atoms with Crippen molar-refractivity contribution in [2.75, 3.05) is 18.8 Å². The van der Waals surface area contributed by atoms with E-state index in [4.69, 9.17) is 0 Å². The molecule has 2 aliphatic rings. The highest BCUT2D eigenvalue weighted by atomic mass is 32.1. The molecule has 0 bridgehead atoms. The fourth-order valence-corrected chi connectivity index (χ4v) is 3.92. The van der Waals surface area contributed by atoms with Gasteiger partial charge in [-0.05, 0) is 24.0 Å². The monoisotopic (exact) mass is 265 g/mol. The standard InChI is InChI=1S/C14H23N3S/c18-12-14(4-2-1-3-5-14)11-16-8-9-17-7-6-15-13(17)10-16/h6-7,18H,1-5,8-12H2. The normalized spacial score (nSPS) is 23.8. The third kappa shape index (κ3) is 2.45. The average molecular weight is 265 g/mol. The number of thiol groups is 1. The first-order chi connectivity index (χ1) is 8.81. The van der Waals surface area contributed by atoms with Gasteiger partial charge in [0.2, 0.25) is 0 Å².